The van der Waals surface area contributed by atoms with Crippen LogP contribution in [0.4, 0.5) is 10.1 Å². The van der Waals surface area contributed by atoms with E-state index in [1.807, 2.05) is 19.0 Å². The summed E-state index contributed by atoms with van der Waals surface area (Å²) < 4.78 is 13.8. The van der Waals surface area contributed by atoms with Gasteiger partial charge in [-0.25, -0.2) is 4.39 Å². The lowest BCUT2D eigenvalue weighted by atomic mass is 10.2. The minimum atomic E-state index is -0.344. The number of anilines is 1. The third kappa shape index (κ3) is 2.35. The van der Waals surface area contributed by atoms with E-state index in [9.17, 15) is 9.18 Å². The van der Waals surface area contributed by atoms with E-state index >= 15 is 0 Å². The smallest absolute Gasteiger partial charge is 0.244 e. The molecule has 5 heteroatoms. The molecule has 0 spiro atoms. The monoisotopic (exact) mass is 300 g/mol. The topological polar surface area (TPSA) is 23.6 Å². The Bertz CT molecular complexity index is 450. The summed E-state index contributed by atoms with van der Waals surface area (Å²) in [5.41, 5.74) is 0.625. The van der Waals surface area contributed by atoms with Gasteiger partial charge in [0.25, 0.3) is 0 Å². The van der Waals surface area contributed by atoms with Gasteiger partial charge in [-0.05, 0) is 54.6 Å². The van der Waals surface area contributed by atoms with Crippen molar-refractivity contribution in [3.8, 4) is 0 Å². The van der Waals surface area contributed by atoms with Crippen LogP contribution in [0.1, 0.15) is 6.42 Å². The number of likely N-dealkylation sites (N-methyl/N-ethyl adjacent to an activating group) is 1. The fourth-order valence-corrected chi connectivity index (χ4v) is 2.30. The zero-order chi connectivity index (χ0) is 12.6. The van der Waals surface area contributed by atoms with Gasteiger partial charge in [0.2, 0.25) is 5.91 Å². The third-order valence-electron chi connectivity index (χ3n) is 3.02. The van der Waals surface area contributed by atoms with Gasteiger partial charge in [0.1, 0.15) is 5.82 Å². The van der Waals surface area contributed by atoms with Crippen molar-refractivity contribution in [3.63, 3.8) is 0 Å². The Morgan fingerprint density at radius 1 is 1.47 bits per heavy atom. The molecule has 1 heterocycles. The van der Waals surface area contributed by atoms with Crippen molar-refractivity contribution in [2.45, 2.75) is 12.5 Å². The molecule has 1 aromatic carbocycles. The van der Waals surface area contributed by atoms with Crippen molar-refractivity contribution < 1.29 is 9.18 Å². The van der Waals surface area contributed by atoms with Gasteiger partial charge in [-0.15, -0.1) is 0 Å². The van der Waals surface area contributed by atoms with Crippen molar-refractivity contribution in [2.24, 2.45) is 0 Å². The van der Waals surface area contributed by atoms with Gasteiger partial charge in [-0.1, -0.05) is 0 Å². The molecular formula is C12H14BrFN2O. The molecule has 0 N–H and O–H groups in total. The SMILES string of the molecule is CN(C)C1CCN(c2ccc(Br)c(F)c2)C1=O. The summed E-state index contributed by atoms with van der Waals surface area (Å²) in [6, 6.07) is 4.67. The zero-order valence-electron chi connectivity index (χ0n) is 9.78. The van der Waals surface area contributed by atoms with E-state index in [1.54, 1.807) is 17.0 Å². The van der Waals surface area contributed by atoms with Crippen LogP contribution >= 0.6 is 15.9 Å². The number of hydrogen-bond acceptors (Lipinski definition) is 2. The average Bonchev–Trinajstić information content (AvgIpc) is 2.64. The lowest BCUT2D eigenvalue weighted by Crippen LogP contribution is -2.37. The predicted octanol–water partition coefficient (Wildman–Crippen LogP) is 2.26. The highest BCUT2D eigenvalue weighted by Crippen LogP contribution is 2.26. The molecule has 1 aliphatic rings. The van der Waals surface area contributed by atoms with Gasteiger partial charge in [0.15, 0.2) is 0 Å². The maximum Gasteiger partial charge on any atom is 0.244 e. The summed E-state index contributed by atoms with van der Waals surface area (Å²) in [6.45, 7) is 0.642. The summed E-state index contributed by atoms with van der Waals surface area (Å²) in [5.74, 6) is -0.305. The molecule has 3 nitrogen and oxygen atoms in total. The Morgan fingerprint density at radius 3 is 2.71 bits per heavy atom. The summed E-state index contributed by atoms with van der Waals surface area (Å²) in [5, 5.41) is 0. The van der Waals surface area contributed by atoms with Crippen molar-refractivity contribution in [1.29, 1.82) is 0 Å². The molecule has 0 aliphatic carbocycles. The van der Waals surface area contributed by atoms with E-state index in [2.05, 4.69) is 15.9 Å². The number of nitrogens with zero attached hydrogens (tertiary/aromatic N) is 2. The highest BCUT2D eigenvalue weighted by molar-refractivity contribution is 9.10. The van der Waals surface area contributed by atoms with E-state index in [0.717, 1.165) is 6.42 Å². The molecule has 17 heavy (non-hydrogen) atoms. The standard InChI is InChI=1S/C12H14BrFN2O/c1-15(2)11-5-6-16(12(11)17)8-3-4-9(13)10(14)7-8/h3-4,7,11H,5-6H2,1-2H3. The van der Waals surface area contributed by atoms with Crippen molar-refractivity contribution in [3.05, 3.63) is 28.5 Å². The molecule has 1 amide bonds. The molecule has 0 bridgehead atoms. The average molecular weight is 301 g/mol. The maximum absolute atomic E-state index is 13.4. The summed E-state index contributed by atoms with van der Waals surface area (Å²) in [7, 11) is 3.77. The first kappa shape index (κ1) is 12.5. The fraction of sp³-hybridized carbons (Fsp3) is 0.417. The molecule has 1 atom stereocenters. The number of carbonyl (C=O) groups excluding carboxylic acids is 1. The molecule has 2 rings (SSSR count). The van der Waals surface area contributed by atoms with E-state index in [0.29, 0.717) is 16.7 Å². The first-order valence-corrected chi connectivity index (χ1v) is 6.23. The first-order chi connectivity index (χ1) is 8.00. The van der Waals surface area contributed by atoms with Gasteiger partial charge >= 0.3 is 0 Å². The fourth-order valence-electron chi connectivity index (χ4n) is 2.05. The van der Waals surface area contributed by atoms with Crippen LogP contribution in [0.25, 0.3) is 0 Å². The molecule has 1 fully saturated rings. The van der Waals surface area contributed by atoms with E-state index in [-0.39, 0.29) is 17.8 Å². The van der Waals surface area contributed by atoms with Gasteiger partial charge in [0, 0.05) is 12.2 Å². The molecule has 1 unspecified atom stereocenters. The lowest BCUT2D eigenvalue weighted by molar-refractivity contribution is -0.120. The highest BCUT2D eigenvalue weighted by atomic mass is 79.9. The normalized spacial score (nSPS) is 20.4. The number of carbonyl (C=O) groups is 1. The van der Waals surface area contributed by atoms with E-state index in [4.69, 9.17) is 0 Å². The van der Waals surface area contributed by atoms with Gasteiger partial charge in [-0.2, -0.15) is 0 Å². The molecule has 1 aromatic rings. The lowest BCUT2D eigenvalue weighted by Gasteiger charge is -2.20. The van der Waals surface area contributed by atoms with E-state index < -0.39 is 0 Å². The van der Waals surface area contributed by atoms with Crippen LogP contribution in [0.2, 0.25) is 0 Å². The first-order valence-electron chi connectivity index (χ1n) is 5.43. The van der Waals surface area contributed by atoms with Crippen LogP contribution < -0.4 is 4.90 Å². The molecule has 1 aliphatic heterocycles. The van der Waals surface area contributed by atoms with Crippen LogP contribution in [0.15, 0.2) is 22.7 Å². The summed E-state index contributed by atoms with van der Waals surface area (Å²) >= 11 is 3.10. The zero-order valence-corrected chi connectivity index (χ0v) is 11.4. The highest BCUT2D eigenvalue weighted by Gasteiger charge is 2.33. The third-order valence-corrected chi connectivity index (χ3v) is 3.66. The Morgan fingerprint density at radius 2 is 2.18 bits per heavy atom. The minimum Gasteiger partial charge on any atom is -0.311 e. The second kappa shape index (κ2) is 4.74. The maximum atomic E-state index is 13.4. The van der Waals surface area contributed by atoms with E-state index in [1.165, 1.54) is 6.07 Å². The number of halogens is 2. The quantitative estimate of drug-likeness (QED) is 0.836. The Hall–Kier alpha value is -0.940. The van der Waals surface area contributed by atoms with Crippen LogP contribution in [0, 0.1) is 5.82 Å². The molecular weight excluding hydrogens is 287 g/mol. The van der Waals surface area contributed by atoms with Crippen molar-refractivity contribution in [1.82, 2.24) is 4.90 Å². The Labute approximate surface area is 108 Å². The van der Waals surface area contributed by atoms with Gasteiger partial charge < -0.3 is 4.90 Å². The molecule has 0 radical (unpaired) electrons. The Balaban J connectivity index is 2.24. The molecule has 0 saturated carbocycles. The minimum absolute atomic E-state index is 0.0386. The number of benzene rings is 1. The predicted molar refractivity (Wildman–Crippen MR) is 68.5 cm³/mol. The molecule has 1 saturated heterocycles. The van der Waals surface area contributed by atoms with Gasteiger partial charge in [0.05, 0.1) is 10.5 Å². The van der Waals surface area contributed by atoms with Crippen molar-refractivity contribution >= 4 is 27.5 Å². The Kier molecular flexibility index (Phi) is 3.49. The number of hydrogen-bond donors (Lipinski definition) is 0. The van der Waals surface area contributed by atoms with Crippen LogP contribution in [-0.4, -0.2) is 37.5 Å². The van der Waals surface area contributed by atoms with Crippen molar-refractivity contribution in [2.75, 3.05) is 25.5 Å². The number of amides is 1. The van der Waals surface area contributed by atoms with Gasteiger partial charge in [-0.3, -0.25) is 9.69 Å². The second-order valence-corrected chi connectivity index (χ2v) is 5.21. The second-order valence-electron chi connectivity index (χ2n) is 4.36. The summed E-state index contributed by atoms with van der Waals surface area (Å²) in [4.78, 5) is 15.6. The molecule has 0 aromatic heterocycles. The molecule has 92 valence electrons. The van der Waals surface area contributed by atoms with Crippen LogP contribution in [0.5, 0.6) is 0 Å². The summed E-state index contributed by atoms with van der Waals surface area (Å²) in [6.07, 6.45) is 0.781. The van der Waals surface area contributed by atoms with Crippen LogP contribution in [0.3, 0.4) is 0 Å². The number of rotatable bonds is 2. The largest absolute Gasteiger partial charge is 0.311 e. The van der Waals surface area contributed by atoms with Crippen LogP contribution in [-0.2, 0) is 4.79 Å².